The van der Waals surface area contributed by atoms with Gasteiger partial charge in [-0.25, -0.2) is 0 Å². The highest BCUT2D eigenvalue weighted by molar-refractivity contribution is 4.93. The molecule has 1 rings (SSSR count). The predicted octanol–water partition coefficient (Wildman–Crippen LogP) is 0.872. The fourth-order valence-electron chi connectivity index (χ4n) is 2.24. The monoisotopic (exact) mass is 231 g/mol. The number of nitrogens with one attached hydrogen (secondary N) is 1. The Balaban J connectivity index is 2.40. The van der Waals surface area contributed by atoms with Gasteiger partial charge in [0.25, 0.3) is 0 Å². The van der Waals surface area contributed by atoms with E-state index < -0.39 is 5.54 Å². The van der Waals surface area contributed by atoms with Gasteiger partial charge in [-0.05, 0) is 12.3 Å². The van der Waals surface area contributed by atoms with Gasteiger partial charge in [-0.1, -0.05) is 33.1 Å². The van der Waals surface area contributed by atoms with E-state index in [1.807, 2.05) is 0 Å². The molecule has 1 aliphatic heterocycles. The average molecular weight is 231 g/mol. The number of hydrogen-bond donors (Lipinski definition) is 3. The molecule has 1 saturated heterocycles. The largest absolute Gasteiger partial charge is 0.394 e. The topological polar surface area (TPSA) is 61.7 Å². The molecule has 4 heteroatoms. The Morgan fingerprint density at radius 1 is 1.38 bits per heavy atom. The van der Waals surface area contributed by atoms with E-state index in [0.717, 1.165) is 12.8 Å². The van der Waals surface area contributed by atoms with Gasteiger partial charge in [-0.3, -0.25) is 5.32 Å². The third-order valence-corrected chi connectivity index (χ3v) is 3.45. The van der Waals surface area contributed by atoms with E-state index in [-0.39, 0.29) is 19.4 Å². The van der Waals surface area contributed by atoms with Crippen molar-refractivity contribution in [1.82, 2.24) is 5.32 Å². The fourth-order valence-corrected chi connectivity index (χ4v) is 2.24. The third kappa shape index (κ3) is 3.42. The molecule has 0 aliphatic carbocycles. The summed E-state index contributed by atoms with van der Waals surface area (Å²) < 4.78 is 5.60. The van der Waals surface area contributed by atoms with Crippen molar-refractivity contribution in [2.45, 2.75) is 51.3 Å². The van der Waals surface area contributed by atoms with Crippen LogP contribution in [0.1, 0.15) is 39.5 Å². The zero-order chi connectivity index (χ0) is 12.0. The second-order valence-corrected chi connectivity index (χ2v) is 4.84. The Labute approximate surface area is 98.0 Å². The van der Waals surface area contributed by atoms with Crippen LogP contribution in [-0.2, 0) is 4.74 Å². The van der Waals surface area contributed by atoms with Crippen LogP contribution in [0.25, 0.3) is 0 Å². The number of rotatable bonds is 7. The fraction of sp³-hybridized carbons (Fsp3) is 1.00. The molecule has 96 valence electrons. The summed E-state index contributed by atoms with van der Waals surface area (Å²) in [5.41, 5.74) is -0.630. The summed E-state index contributed by atoms with van der Waals surface area (Å²) in [7, 11) is 0. The van der Waals surface area contributed by atoms with Crippen molar-refractivity contribution in [3.05, 3.63) is 0 Å². The van der Waals surface area contributed by atoms with E-state index in [1.54, 1.807) is 0 Å². The summed E-state index contributed by atoms with van der Waals surface area (Å²) in [6.07, 6.45) is 4.50. The zero-order valence-corrected chi connectivity index (χ0v) is 10.4. The minimum absolute atomic E-state index is 0.0178. The van der Waals surface area contributed by atoms with Crippen LogP contribution in [0.3, 0.4) is 0 Å². The highest BCUT2D eigenvalue weighted by Gasteiger charge is 2.38. The maximum Gasteiger partial charge on any atom is 0.109 e. The Morgan fingerprint density at radius 2 is 2.06 bits per heavy atom. The second-order valence-electron chi connectivity index (χ2n) is 4.84. The number of ether oxygens (including phenoxy) is 1. The van der Waals surface area contributed by atoms with Gasteiger partial charge in [0.15, 0.2) is 0 Å². The van der Waals surface area contributed by atoms with Gasteiger partial charge in [0.2, 0.25) is 0 Å². The van der Waals surface area contributed by atoms with Crippen molar-refractivity contribution < 1.29 is 14.9 Å². The van der Waals surface area contributed by atoms with Crippen LogP contribution in [-0.4, -0.2) is 41.8 Å². The second kappa shape index (κ2) is 6.55. The van der Waals surface area contributed by atoms with Crippen molar-refractivity contribution in [1.29, 1.82) is 0 Å². The molecule has 0 radical (unpaired) electrons. The van der Waals surface area contributed by atoms with Gasteiger partial charge >= 0.3 is 0 Å². The van der Waals surface area contributed by atoms with Gasteiger partial charge in [0, 0.05) is 0 Å². The first-order valence-electron chi connectivity index (χ1n) is 6.30. The van der Waals surface area contributed by atoms with Gasteiger partial charge in [0.1, 0.15) is 6.23 Å². The first kappa shape index (κ1) is 13.9. The van der Waals surface area contributed by atoms with Crippen molar-refractivity contribution >= 4 is 0 Å². The molecule has 0 bridgehead atoms. The van der Waals surface area contributed by atoms with E-state index in [1.165, 1.54) is 12.8 Å². The van der Waals surface area contributed by atoms with E-state index in [4.69, 9.17) is 4.74 Å². The highest BCUT2D eigenvalue weighted by atomic mass is 16.5. The molecular formula is C12H25NO3. The smallest absolute Gasteiger partial charge is 0.109 e. The maximum absolute atomic E-state index is 9.23. The molecule has 0 spiro atoms. The molecule has 1 heterocycles. The van der Waals surface area contributed by atoms with Crippen molar-refractivity contribution in [2.75, 3.05) is 19.8 Å². The maximum atomic E-state index is 9.23. The van der Waals surface area contributed by atoms with E-state index in [2.05, 4.69) is 19.2 Å². The van der Waals surface area contributed by atoms with Crippen LogP contribution in [0.4, 0.5) is 0 Å². The first-order valence-corrected chi connectivity index (χ1v) is 6.30. The molecule has 0 aromatic rings. The lowest BCUT2D eigenvalue weighted by molar-refractivity contribution is 0.0651. The van der Waals surface area contributed by atoms with Crippen molar-refractivity contribution in [3.63, 3.8) is 0 Å². The molecule has 0 aromatic carbocycles. The molecule has 16 heavy (non-hydrogen) atoms. The van der Waals surface area contributed by atoms with Crippen LogP contribution in [0.2, 0.25) is 0 Å². The minimum atomic E-state index is -0.630. The van der Waals surface area contributed by atoms with E-state index in [9.17, 15) is 10.2 Å². The lowest BCUT2D eigenvalue weighted by atomic mass is 9.96. The third-order valence-electron chi connectivity index (χ3n) is 3.45. The predicted molar refractivity (Wildman–Crippen MR) is 63.1 cm³/mol. The summed E-state index contributed by atoms with van der Waals surface area (Å²) in [5, 5.41) is 21.7. The normalized spacial score (nSPS) is 25.9. The quantitative estimate of drug-likeness (QED) is 0.608. The SMILES string of the molecule is CCCC(CC)CC1NC(CO)(CO)CO1. The zero-order valence-electron chi connectivity index (χ0n) is 10.4. The molecule has 1 aliphatic rings. The van der Waals surface area contributed by atoms with Gasteiger partial charge in [-0.15, -0.1) is 0 Å². The number of aliphatic hydroxyl groups excluding tert-OH is 2. The molecule has 1 fully saturated rings. The standard InChI is InChI=1S/C12H25NO3/c1-3-5-10(4-2)6-11-13-12(7-14,8-15)9-16-11/h10-11,13-15H,3-9H2,1-2H3. The van der Waals surface area contributed by atoms with E-state index >= 15 is 0 Å². The average Bonchev–Trinajstić information content (AvgIpc) is 2.73. The Kier molecular flexibility index (Phi) is 5.69. The summed E-state index contributed by atoms with van der Waals surface area (Å²) in [5.74, 6) is 0.663. The Bertz CT molecular complexity index is 195. The summed E-state index contributed by atoms with van der Waals surface area (Å²) in [6.45, 7) is 4.63. The van der Waals surface area contributed by atoms with Crippen molar-refractivity contribution in [2.24, 2.45) is 5.92 Å². The number of aliphatic hydroxyl groups is 2. The Hall–Kier alpha value is -0.160. The van der Waals surface area contributed by atoms with Crippen LogP contribution in [0.15, 0.2) is 0 Å². The summed E-state index contributed by atoms with van der Waals surface area (Å²) in [4.78, 5) is 0. The van der Waals surface area contributed by atoms with Gasteiger partial charge < -0.3 is 14.9 Å². The van der Waals surface area contributed by atoms with Gasteiger partial charge in [-0.2, -0.15) is 0 Å². The molecule has 3 N–H and O–H groups in total. The van der Waals surface area contributed by atoms with Crippen LogP contribution >= 0.6 is 0 Å². The molecule has 0 amide bonds. The van der Waals surface area contributed by atoms with Crippen LogP contribution < -0.4 is 5.32 Å². The Morgan fingerprint density at radius 3 is 2.50 bits per heavy atom. The molecule has 0 aromatic heterocycles. The highest BCUT2D eigenvalue weighted by Crippen LogP contribution is 2.23. The lowest BCUT2D eigenvalue weighted by Crippen LogP contribution is -2.51. The van der Waals surface area contributed by atoms with Gasteiger partial charge in [0.05, 0.1) is 25.4 Å². The number of hydrogen-bond acceptors (Lipinski definition) is 4. The molecule has 4 nitrogen and oxygen atoms in total. The van der Waals surface area contributed by atoms with E-state index in [0.29, 0.717) is 12.5 Å². The van der Waals surface area contributed by atoms with Crippen molar-refractivity contribution in [3.8, 4) is 0 Å². The first-order chi connectivity index (χ1) is 7.69. The minimum Gasteiger partial charge on any atom is -0.394 e. The van der Waals surface area contributed by atoms with Crippen LogP contribution in [0.5, 0.6) is 0 Å². The summed E-state index contributed by atoms with van der Waals surface area (Å²) >= 11 is 0. The molecule has 0 saturated carbocycles. The molecule has 2 unspecified atom stereocenters. The lowest BCUT2D eigenvalue weighted by Gasteiger charge is -2.24. The summed E-state index contributed by atoms with van der Waals surface area (Å²) in [6, 6.07) is 0. The molecular weight excluding hydrogens is 206 g/mol. The van der Waals surface area contributed by atoms with Crippen LogP contribution in [0, 0.1) is 5.92 Å². The molecule has 2 atom stereocenters.